The number of anilines is 1. The molecular formula is C13H12F3N3OS. The van der Waals surface area contributed by atoms with Crippen LogP contribution in [0.25, 0.3) is 0 Å². The highest BCUT2D eigenvalue weighted by atomic mass is 32.2. The summed E-state index contributed by atoms with van der Waals surface area (Å²) < 4.78 is 42.6. The van der Waals surface area contributed by atoms with Gasteiger partial charge in [0.25, 0.3) is 0 Å². The quantitative estimate of drug-likeness (QED) is 0.933. The van der Waals surface area contributed by atoms with Crippen molar-refractivity contribution in [3.63, 3.8) is 0 Å². The van der Waals surface area contributed by atoms with Crippen LogP contribution in [-0.2, 0) is 6.18 Å². The van der Waals surface area contributed by atoms with Crippen molar-refractivity contribution < 1.29 is 17.9 Å². The summed E-state index contributed by atoms with van der Waals surface area (Å²) in [5, 5.41) is 0.947. The summed E-state index contributed by atoms with van der Waals surface area (Å²) >= 11 is 1.13. The molecule has 0 spiro atoms. The van der Waals surface area contributed by atoms with E-state index in [9.17, 15) is 13.2 Å². The average Bonchev–Trinajstić information content (AvgIpc) is 2.42. The molecule has 0 saturated heterocycles. The molecule has 0 aliphatic carbocycles. The molecule has 0 aliphatic heterocycles. The summed E-state index contributed by atoms with van der Waals surface area (Å²) in [6.07, 6.45) is -3.60. The van der Waals surface area contributed by atoms with E-state index in [1.165, 1.54) is 6.07 Å². The van der Waals surface area contributed by atoms with E-state index in [1.54, 1.807) is 19.1 Å². The Labute approximate surface area is 123 Å². The van der Waals surface area contributed by atoms with Crippen molar-refractivity contribution in [2.24, 2.45) is 0 Å². The van der Waals surface area contributed by atoms with Gasteiger partial charge in [-0.15, -0.1) is 0 Å². The standard InChI is InChI=1S/C13H12F3N3OS/c1-2-20-12-9(17)4-6-11(19-12)21-10-5-3-8(7-18-10)13(14,15)16/h3-7H,2,17H2,1H3. The van der Waals surface area contributed by atoms with Crippen molar-refractivity contribution in [3.8, 4) is 5.88 Å². The number of ether oxygens (including phenoxy) is 1. The summed E-state index contributed by atoms with van der Waals surface area (Å²) in [6, 6.07) is 5.56. The normalized spacial score (nSPS) is 11.4. The van der Waals surface area contributed by atoms with Crippen LogP contribution in [0.5, 0.6) is 5.88 Å². The fraction of sp³-hybridized carbons (Fsp3) is 0.231. The van der Waals surface area contributed by atoms with E-state index in [0.717, 1.165) is 24.0 Å². The second-order valence-corrected chi connectivity index (χ2v) is 5.00. The highest BCUT2D eigenvalue weighted by Gasteiger charge is 2.30. The van der Waals surface area contributed by atoms with Crippen molar-refractivity contribution in [1.82, 2.24) is 9.97 Å². The summed E-state index contributed by atoms with van der Waals surface area (Å²) in [5.74, 6) is 0.300. The first-order valence-electron chi connectivity index (χ1n) is 6.00. The van der Waals surface area contributed by atoms with Crippen LogP contribution in [0.4, 0.5) is 18.9 Å². The van der Waals surface area contributed by atoms with Crippen LogP contribution in [0.2, 0.25) is 0 Å². The van der Waals surface area contributed by atoms with Gasteiger partial charge in [-0.2, -0.15) is 13.2 Å². The molecule has 21 heavy (non-hydrogen) atoms. The molecule has 4 nitrogen and oxygen atoms in total. The van der Waals surface area contributed by atoms with E-state index in [0.29, 0.717) is 28.2 Å². The Morgan fingerprint density at radius 2 is 1.90 bits per heavy atom. The van der Waals surface area contributed by atoms with Crippen LogP contribution < -0.4 is 10.5 Å². The molecule has 8 heteroatoms. The third kappa shape index (κ3) is 4.01. The monoisotopic (exact) mass is 315 g/mol. The summed E-state index contributed by atoms with van der Waals surface area (Å²) in [7, 11) is 0. The summed E-state index contributed by atoms with van der Waals surface area (Å²) in [4.78, 5) is 7.95. The van der Waals surface area contributed by atoms with Crippen molar-refractivity contribution in [2.75, 3.05) is 12.3 Å². The van der Waals surface area contributed by atoms with Crippen molar-refractivity contribution in [1.29, 1.82) is 0 Å². The fourth-order valence-electron chi connectivity index (χ4n) is 1.46. The highest BCUT2D eigenvalue weighted by Crippen LogP contribution is 2.32. The lowest BCUT2D eigenvalue weighted by molar-refractivity contribution is -0.137. The lowest BCUT2D eigenvalue weighted by Gasteiger charge is -2.08. The van der Waals surface area contributed by atoms with Crippen molar-refractivity contribution >= 4 is 17.4 Å². The van der Waals surface area contributed by atoms with Gasteiger partial charge < -0.3 is 10.5 Å². The third-order valence-corrected chi connectivity index (χ3v) is 3.31. The molecule has 0 radical (unpaired) electrons. The summed E-state index contributed by atoms with van der Waals surface area (Å²) in [6.45, 7) is 2.22. The van der Waals surface area contributed by atoms with Gasteiger partial charge in [-0.25, -0.2) is 9.97 Å². The Kier molecular flexibility index (Phi) is 4.56. The van der Waals surface area contributed by atoms with E-state index in [-0.39, 0.29) is 0 Å². The van der Waals surface area contributed by atoms with Crippen LogP contribution in [0, 0.1) is 0 Å². The largest absolute Gasteiger partial charge is 0.476 e. The number of nitrogens with zero attached hydrogens (tertiary/aromatic N) is 2. The molecule has 112 valence electrons. The average molecular weight is 315 g/mol. The maximum atomic E-state index is 12.4. The molecular weight excluding hydrogens is 303 g/mol. The van der Waals surface area contributed by atoms with E-state index in [4.69, 9.17) is 10.5 Å². The Balaban J connectivity index is 2.16. The zero-order valence-electron chi connectivity index (χ0n) is 11.0. The number of nitrogens with two attached hydrogens (primary N) is 1. The molecule has 2 aromatic heterocycles. The molecule has 0 amide bonds. The molecule has 0 saturated carbocycles. The molecule has 0 atom stereocenters. The van der Waals surface area contributed by atoms with Crippen LogP contribution in [0.15, 0.2) is 40.5 Å². The first kappa shape index (κ1) is 15.4. The Morgan fingerprint density at radius 1 is 1.19 bits per heavy atom. The minimum absolute atomic E-state index is 0.300. The number of rotatable bonds is 4. The molecule has 0 aromatic carbocycles. The Hall–Kier alpha value is -1.96. The van der Waals surface area contributed by atoms with E-state index in [2.05, 4.69) is 9.97 Å². The number of aromatic nitrogens is 2. The number of nitrogen functional groups attached to an aromatic ring is 1. The van der Waals surface area contributed by atoms with Gasteiger partial charge >= 0.3 is 6.18 Å². The highest BCUT2D eigenvalue weighted by molar-refractivity contribution is 7.99. The van der Waals surface area contributed by atoms with Crippen LogP contribution in [0.1, 0.15) is 12.5 Å². The van der Waals surface area contributed by atoms with Crippen molar-refractivity contribution in [2.45, 2.75) is 23.2 Å². The molecule has 2 heterocycles. The van der Waals surface area contributed by atoms with E-state index in [1.807, 2.05) is 0 Å². The van der Waals surface area contributed by atoms with Crippen molar-refractivity contribution in [3.05, 3.63) is 36.0 Å². The van der Waals surface area contributed by atoms with E-state index >= 15 is 0 Å². The predicted octanol–water partition coefficient (Wildman–Crippen LogP) is 3.63. The minimum Gasteiger partial charge on any atom is -0.476 e. The smallest absolute Gasteiger partial charge is 0.417 e. The fourth-order valence-corrected chi connectivity index (χ4v) is 2.18. The number of alkyl halides is 3. The van der Waals surface area contributed by atoms with Crippen LogP contribution in [-0.4, -0.2) is 16.6 Å². The van der Waals surface area contributed by atoms with Gasteiger partial charge in [0, 0.05) is 6.20 Å². The molecule has 0 aliphatic rings. The molecule has 2 N–H and O–H groups in total. The maximum absolute atomic E-state index is 12.4. The van der Waals surface area contributed by atoms with E-state index < -0.39 is 11.7 Å². The van der Waals surface area contributed by atoms with Gasteiger partial charge in [-0.05, 0) is 43.0 Å². The number of pyridine rings is 2. The lowest BCUT2D eigenvalue weighted by atomic mass is 10.3. The molecule has 0 bridgehead atoms. The number of hydrogen-bond donors (Lipinski definition) is 1. The predicted molar refractivity (Wildman–Crippen MR) is 73.2 cm³/mol. The van der Waals surface area contributed by atoms with Gasteiger partial charge in [0.2, 0.25) is 5.88 Å². The minimum atomic E-state index is -4.39. The second kappa shape index (κ2) is 6.21. The van der Waals surface area contributed by atoms with Crippen LogP contribution in [0.3, 0.4) is 0 Å². The second-order valence-electron chi connectivity index (χ2n) is 3.96. The third-order valence-electron chi connectivity index (χ3n) is 2.42. The van der Waals surface area contributed by atoms with Gasteiger partial charge in [-0.3, -0.25) is 0 Å². The maximum Gasteiger partial charge on any atom is 0.417 e. The molecule has 2 rings (SSSR count). The first-order valence-corrected chi connectivity index (χ1v) is 6.82. The zero-order valence-corrected chi connectivity index (χ0v) is 11.8. The number of hydrogen-bond acceptors (Lipinski definition) is 5. The van der Waals surface area contributed by atoms with Gasteiger partial charge in [0.1, 0.15) is 10.1 Å². The van der Waals surface area contributed by atoms with Gasteiger partial charge in [0.05, 0.1) is 17.9 Å². The molecule has 0 unspecified atom stereocenters. The molecule has 2 aromatic rings. The molecule has 0 fully saturated rings. The Morgan fingerprint density at radius 3 is 2.48 bits per heavy atom. The summed E-state index contributed by atoms with van der Waals surface area (Å²) in [5.41, 5.74) is 5.32. The topological polar surface area (TPSA) is 61.0 Å². The Bertz CT molecular complexity index is 617. The van der Waals surface area contributed by atoms with Crippen LogP contribution >= 0.6 is 11.8 Å². The SMILES string of the molecule is CCOc1nc(Sc2ccc(C(F)(F)F)cn2)ccc1N. The number of halogens is 3. The zero-order chi connectivity index (χ0) is 15.5. The van der Waals surface area contributed by atoms with Gasteiger partial charge in [0.15, 0.2) is 0 Å². The lowest BCUT2D eigenvalue weighted by Crippen LogP contribution is -2.05. The van der Waals surface area contributed by atoms with Gasteiger partial charge in [-0.1, -0.05) is 0 Å². The first-order chi connectivity index (χ1) is 9.90.